The minimum absolute atomic E-state index is 0.267. The lowest BCUT2D eigenvalue weighted by Gasteiger charge is -2.34. The lowest BCUT2D eigenvalue weighted by molar-refractivity contribution is -0.116. The number of carbonyl (C=O) groups excluding carboxylic acids is 1. The molecule has 162 valence electrons. The zero-order valence-electron chi connectivity index (χ0n) is 16.8. The van der Waals surface area contributed by atoms with E-state index in [0.717, 1.165) is 5.56 Å². The van der Waals surface area contributed by atoms with Gasteiger partial charge in [-0.3, -0.25) is 4.79 Å². The van der Waals surface area contributed by atoms with Gasteiger partial charge in [-0.25, -0.2) is 0 Å². The minimum Gasteiger partial charge on any atom is -0.495 e. The molecule has 2 aromatic rings. The average Bonchev–Trinajstić information content (AvgIpc) is 2.72. The standard InChI is InChI=1S/C20H24ClN3O5S/c1-28-18-12-19(29-2)17(11-16(18)21)22-20(25)14-24-10-6-9-23(30(24,26)27)13-15-7-4-3-5-8-15/h3-5,7-8,11-12H,6,9-10,13-14H2,1-2H3,(H,22,25). The largest absolute Gasteiger partial charge is 0.495 e. The van der Waals surface area contributed by atoms with Crippen LogP contribution in [0.25, 0.3) is 0 Å². The number of hydrogen-bond acceptors (Lipinski definition) is 5. The van der Waals surface area contributed by atoms with Gasteiger partial charge in [-0.2, -0.15) is 17.0 Å². The topological polar surface area (TPSA) is 88.2 Å². The Balaban J connectivity index is 1.71. The molecule has 1 aliphatic heterocycles. The van der Waals surface area contributed by atoms with Gasteiger partial charge in [0.25, 0.3) is 10.2 Å². The molecule has 1 fully saturated rings. The summed E-state index contributed by atoms with van der Waals surface area (Å²) in [5.41, 5.74) is 1.23. The van der Waals surface area contributed by atoms with Crippen molar-refractivity contribution in [1.82, 2.24) is 8.61 Å². The number of anilines is 1. The third-order valence-corrected chi connectivity index (χ3v) is 6.96. The van der Waals surface area contributed by atoms with E-state index in [1.807, 2.05) is 30.3 Å². The number of halogens is 1. The van der Waals surface area contributed by atoms with Gasteiger partial charge in [0.15, 0.2) is 0 Å². The van der Waals surface area contributed by atoms with E-state index < -0.39 is 16.1 Å². The summed E-state index contributed by atoms with van der Waals surface area (Å²) in [6, 6.07) is 12.4. The van der Waals surface area contributed by atoms with Crippen molar-refractivity contribution in [2.75, 3.05) is 39.2 Å². The van der Waals surface area contributed by atoms with Crippen LogP contribution in [-0.2, 0) is 21.5 Å². The molecule has 0 spiro atoms. The molecule has 0 atom stereocenters. The maximum atomic E-state index is 13.0. The number of nitrogens with one attached hydrogen (secondary N) is 1. The summed E-state index contributed by atoms with van der Waals surface area (Å²) in [7, 11) is -0.829. The molecule has 0 saturated carbocycles. The van der Waals surface area contributed by atoms with Crippen LogP contribution in [0.5, 0.6) is 11.5 Å². The molecular weight excluding hydrogens is 430 g/mol. The Kier molecular flexibility index (Phi) is 7.19. The lowest BCUT2D eigenvalue weighted by atomic mass is 10.2. The first-order valence-corrected chi connectivity index (χ1v) is 11.1. The van der Waals surface area contributed by atoms with Crippen molar-refractivity contribution < 1.29 is 22.7 Å². The molecule has 0 bridgehead atoms. The summed E-state index contributed by atoms with van der Waals surface area (Å²) in [6.07, 6.45) is 0.636. The lowest BCUT2D eigenvalue weighted by Crippen LogP contribution is -2.51. The van der Waals surface area contributed by atoms with Gasteiger partial charge in [0.2, 0.25) is 5.91 Å². The molecule has 1 aliphatic rings. The van der Waals surface area contributed by atoms with E-state index in [4.69, 9.17) is 21.1 Å². The number of methoxy groups -OCH3 is 2. The number of carbonyl (C=O) groups is 1. The van der Waals surface area contributed by atoms with Crippen LogP contribution in [0.4, 0.5) is 5.69 Å². The second-order valence-electron chi connectivity index (χ2n) is 6.75. The fourth-order valence-electron chi connectivity index (χ4n) is 3.23. The number of hydrogen-bond donors (Lipinski definition) is 1. The van der Waals surface area contributed by atoms with E-state index in [-0.39, 0.29) is 19.6 Å². The Morgan fingerprint density at radius 3 is 2.40 bits per heavy atom. The Morgan fingerprint density at radius 1 is 1.07 bits per heavy atom. The quantitative estimate of drug-likeness (QED) is 0.696. The van der Waals surface area contributed by atoms with Gasteiger partial charge in [-0.1, -0.05) is 41.9 Å². The van der Waals surface area contributed by atoms with Gasteiger partial charge in [-0.05, 0) is 18.1 Å². The molecule has 1 N–H and O–H groups in total. The van der Waals surface area contributed by atoms with Crippen LogP contribution < -0.4 is 14.8 Å². The summed E-state index contributed by atoms with van der Waals surface area (Å²) in [5, 5.41) is 2.97. The number of benzene rings is 2. The van der Waals surface area contributed by atoms with E-state index in [2.05, 4.69) is 5.32 Å². The van der Waals surface area contributed by atoms with Crippen LogP contribution in [0.15, 0.2) is 42.5 Å². The second-order valence-corrected chi connectivity index (χ2v) is 9.08. The highest BCUT2D eigenvalue weighted by Gasteiger charge is 2.34. The van der Waals surface area contributed by atoms with Crippen molar-refractivity contribution in [2.45, 2.75) is 13.0 Å². The molecule has 2 aromatic carbocycles. The SMILES string of the molecule is COc1cc(OC)c(NC(=O)CN2CCCN(Cc3ccccc3)S2(=O)=O)cc1Cl. The van der Waals surface area contributed by atoms with Crippen LogP contribution in [0.1, 0.15) is 12.0 Å². The van der Waals surface area contributed by atoms with E-state index in [0.29, 0.717) is 35.2 Å². The first-order chi connectivity index (χ1) is 14.3. The van der Waals surface area contributed by atoms with Gasteiger partial charge in [0.1, 0.15) is 11.5 Å². The van der Waals surface area contributed by atoms with Crippen molar-refractivity contribution in [1.29, 1.82) is 0 Å². The summed E-state index contributed by atoms with van der Waals surface area (Å²) in [5.74, 6) is 0.276. The van der Waals surface area contributed by atoms with Crippen LogP contribution in [0.2, 0.25) is 5.02 Å². The molecule has 1 amide bonds. The highest BCUT2D eigenvalue weighted by atomic mass is 35.5. The summed E-state index contributed by atoms with van der Waals surface area (Å²) < 4.78 is 38.9. The third-order valence-electron chi connectivity index (χ3n) is 4.74. The van der Waals surface area contributed by atoms with Crippen LogP contribution in [0.3, 0.4) is 0 Å². The predicted molar refractivity (Wildman–Crippen MR) is 115 cm³/mol. The van der Waals surface area contributed by atoms with Gasteiger partial charge in [0.05, 0.1) is 31.5 Å². The Morgan fingerprint density at radius 2 is 1.73 bits per heavy atom. The number of nitrogens with zero attached hydrogens (tertiary/aromatic N) is 2. The minimum atomic E-state index is -3.76. The van der Waals surface area contributed by atoms with Gasteiger partial charge in [-0.15, -0.1) is 0 Å². The summed E-state index contributed by atoms with van der Waals surface area (Å²) >= 11 is 6.13. The van der Waals surface area contributed by atoms with Crippen molar-refractivity contribution >= 4 is 33.4 Å². The molecule has 30 heavy (non-hydrogen) atoms. The maximum Gasteiger partial charge on any atom is 0.282 e. The molecule has 0 aromatic heterocycles. The van der Waals surface area contributed by atoms with Crippen LogP contribution >= 0.6 is 11.6 Å². The van der Waals surface area contributed by atoms with Gasteiger partial charge in [0, 0.05) is 25.7 Å². The van der Waals surface area contributed by atoms with E-state index in [1.54, 1.807) is 6.07 Å². The first kappa shape index (κ1) is 22.4. The molecule has 1 saturated heterocycles. The second kappa shape index (κ2) is 9.65. The number of ether oxygens (including phenoxy) is 2. The molecule has 0 unspecified atom stereocenters. The summed E-state index contributed by atoms with van der Waals surface area (Å²) in [6.45, 7) is 0.655. The maximum absolute atomic E-state index is 13.0. The van der Waals surface area contributed by atoms with Crippen molar-refractivity contribution in [3.05, 3.63) is 53.1 Å². The molecule has 0 radical (unpaired) electrons. The van der Waals surface area contributed by atoms with Gasteiger partial charge < -0.3 is 14.8 Å². The number of rotatable bonds is 7. The van der Waals surface area contributed by atoms with Crippen molar-refractivity contribution in [3.63, 3.8) is 0 Å². The highest BCUT2D eigenvalue weighted by molar-refractivity contribution is 7.86. The van der Waals surface area contributed by atoms with Crippen molar-refractivity contribution in [2.24, 2.45) is 0 Å². The van der Waals surface area contributed by atoms with Gasteiger partial charge >= 0.3 is 0 Å². The molecule has 1 heterocycles. The monoisotopic (exact) mass is 453 g/mol. The van der Waals surface area contributed by atoms with E-state index in [1.165, 1.54) is 28.9 Å². The molecular formula is C20H24ClN3O5S. The average molecular weight is 454 g/mol. The first-order valence-electron chi connectivity index (χ1n) is 9.35. The fraction of sp³-hybridized carbons (Fsp3) is 0.350. The zero-order chi connectivity index (χ0) is 21.7. The van der Waals surface area contributed by atoms with E-state index >= 15 is 0 Å². The highest BCUT2D eigenvalue weighted by Crippen LogP contribution is 2.36. The predicted octanol–water partition coefficient (Wildman–Crippen LogP) is 2.75. The fourth-order valence-corrected chi connectivity index (χ4v) is 5.11. The number of amides is 1. The van der Waals surface area contributed by atoms with Crippen LogP contribution in [0, 0.1) is 0 Å². The summed E-state index contributed by atoms with van der Waals surface area (Å²) in [4.78, 5) is 12.6. The molecule has 3 rings (SSSR count). The zero-order valence-corrected chi connectivity index (χ0v) is 18.4. The molecule has 0 aliphatic carbocycles. The Bertz CT molecular complexity index is 1000. The van der Waals surface area contributed by atoms with Crippen LogP contribution in [-0.4, -0.2) is 56.8 Å². The van der Waals surface area contributed by atoms with E-state index in [9.17, 15) is 13.2 Å². The van der Waals surface area contributed by atoms with Crippen molar-refractivity contribution in [3.8, 4) is 11.5 Å². The third kappa shape index (κ3) is 5.04. The normalized spacial score (nSPS) is 16.8. The molecule has 8 nitrogen and oxygen atoms in total. The Hall–Kier alpha value is -2.33. The smallest absolute Gasteiger partial charge is 0.282 e. The Labute approximate surface area is 181 Å². The molecule has 10 heteroatoms.